The lowest BCUT2D eigenvalue weighted by molar-refractivity contribution is -0.124. The average molecular weight is 348 g/mol. The number of anilines is 1. The zero-order valence-corrected chi connectivity index (χ0v) is 15.5. The molecule has 0 bridgehead atoms. The zero-order valence-electron chi connectivity index (χ0n) is 15.5. The van der Waals surface area contributed by atoms with Gasteiger partial charge in [-0.25, -0.2) is 0 Å². The first-order valence-electron chi connectivity index (χ1n) is 9.06. The molecule has 1 unspecified atom stereocenters. The van der Waals surface area contributed by atoms with Crippen molar-refractivity contribution in [3.05, 3.63) is 54.1 Å². The molecule has 0 saturated heterocycles. The first-order valence-corrected chi connectivity index (χ1v) is 9.06. The predicted octanol–water partition coefficient (Wildman–Crippen LogP) is 4.94. The van der Waals surface area contributed by atoms with Gasteiger partial charge >= 0.3 is 0 Å². The minimum atomic E-state index is -0.233. The third kappa shape index (κ3) is 3.00. The molecule has 1 heterocycles. The molecule has 4 rings (SSSR count). The van der Waals surface area contributed by atoms with Crippen molar-refractivity contribution in [3.8, 4) is 5.75 Å². The summed E-state index contributed by atoms with van der Waals surface area (Å²) >= 11 is 0. The summed E-state index contributed by atoms with van der Waals surface area (Å²) in [5.74, 6) is 0.845. The minimum Gasteiger partial charge on any atom is -0.497 e. The number of methoxy groups -OCH3 is 1. The van der Waals surface area contributed by atoms with Crippen LogP contribution in [0.15, 0.2) is 53.5 Å². The third-order valence-corrected chi connectivity index (χ3v) is 5.31. The highest BCUT2D eigenvalue weighted by Crippen LogP contribution is 2.45. The summed E-state index contributed by atoms with van der Waals surface area (Å²) < 4.78 is 5.28. The highest BCUT2D eigenvalue weighted by atomic mass is 16.5. The second-order valence-electron chi connectivity index (χ2n) is 7.98. The Kier molecular flexibility index (Phi) is 4.06. The van der Waals surface area contributed by atoms with E-state index in [9.17, 15) is 4.79 Å². The zero-order chi connectivity index (χ0) is 18.3. The lowest BCUT2D eigenvalue weighted by Crippen LogP contribution is -2.42. The number of fused-ring (bicyclic) bond motifs is 2. The van der Waals surface area contributed by atoms with Gasteiger partial charge in [-0.15, -0.1) is 0 Å². The van der Waals surface area contributed by atoms with Crippen LogP contribution in [0.3, 0.4) is 0 Å². The number of nitrogens with one attached hydrogen (secondary N) is 1. The number of rotatable bonds is 2. The van der Waals surface area contributed by atoms with Crippen molar-refractivity contribution in [2.45, 2.75) is 32.7 Å². The normalized spacial score (nSPS) is 23.8. The van der Waals surface area contributed by atoms with Crippen LogP contribution in [0.4, 0.5) is 11.4 Å². The molecule has 134 valence electrons. The van der Waals surface area contributed by atoms with E-state index < -0.39 is 0 Å². The molecule has 2 aromatic rings. The Hall–Kier alpha value is -2.62. The van der Waals surface area contributed by atoms with Crippen LogP contribution < -0.4 is 10.1 Å². The van der Waals surface area contributed by atoms with Crippen LogP contribution in [0.25, 0.3) is 0 Å². The maximum atomic E-state index is 13.1. The number of aliphatic imine (C=N–C) groups is 1. The Morgan fingerprint density at radius 1 is 1.08 bits per heavy atom. The Morgan fingerprint density at radius 3 is 2.54 bits per heavy atom. The number of carbonyl (C=O) groups is 1. The summed E-state index contributed by atoms with van der Waals surface area (Å²) in [5, 5.41) is 3.59. The molecular weight excluding hydrogens is 324 g/mol. The highest BCUT2D eigenvalue weighted by Gasteiger charge is 2.43. The highest BCUT2D eigenvalue weighted by molar-refractivity contribution is 6.10. The van der Waals surface area contributed by atoms with E-state index in [1.54, 1.807) is 7.11 Å². The van der Waals surface area contributed by atoms with Crippen LogP contribution in [0.1, 0.15) is 38.3 Å². The molecule has 0 aromatic heterocycles. The van der Waals surface area contributed by atoms with E-state index in [-0.39, 0.29) is 23.2 Å². The first kappa shape index (κ1) is 16.8. The minimum absolute atomic E-state index is 0.0455. The van der Waals surface area contributed by atoms with Gasteiger partial charge in [-0.2, -0.15) is 0 Å². The Balaban J connectivity index is 1.83. The molecule has 1 fully saturated rings. The van der Waals surface area contributed by atoms with Crippen LogP contribution >= 0.6 is 0 Å². The smallest absolute Gasteiger partial charge is 0.144 e. The molecule has 2 atom stereocenters. The van der Waals surface area contributed by atoms with Gasteiger partial charge in [0.15, 0.2) is 0 Å². The van der Waals surface area contributed by atoms with E-state index in [0.717, 1.165) is 34.8 Å². The lowest BCUT2D eigenvalue weighted by Gasteiger charge is -2.37. The van der Waals surface area contributed by atoms with E-state index in [4.69, 9.17) is 9.73 Å². The second kappa shape index (κ2) is 6.27. The van der Waals surface area contributed by atoms with Crippen LogP contribution in [-0.4, -0.2) is 18.6 Å². The fourth-order valence-corrected chi connectivity index (χ4v) is 4.10. The number of para-hydroxylation sites is 2. The number of Topliss-reactive ketones (excluding diaryl/α,β-unsaturated/α-hetero) is 1. The average Bonchev–Trinajstić information content (AvgIpc) is 2.77. The predicted molar refractivity (Wildman–Crippen MR) is 104 cm³/mol. The Labute approximate surface area is 154 Å². The Bertz CT molecular complexity index is 868. The van der Waals surface area contributed by atoms with Gasteiger partial charge in [-0.05, 0) is 41.7 Å². The van der Waals surface area contributed by atoms with E-state index in [1.807, 2.05) is 48.5 Å². The number of nitrogens with zero attached hydrogens (tertiary/aromatic N) is 1. The molecule has 1 N–H and O–H groups in total. The molecule has 1 saturated carbocycles. The van der Waals surface area contributed by atoms with Crippen LogP contribution in [0.2, 0.25) is 0 Å². The van der Waals surface area contributed by atoms with Crippen molar-refractivity contribution >= 4 is 22.9 Å². The number of carbonyl (C=O) groups excluding carboxylic acids is 1. The van der Waals surface area contributed by atoms with Crippen molar-refractivity contribution in [2.75, 3.05) is 12.4 Å². The summed E-state index contributed by atoms with van der Waals surface area (Å²) in [4.78, 5) is 18.0. The fourth-order valence-electron chi connectivity index (χ4n) is 4.10. The standard InChI is InChI=1S/C22H24N2O2/c1-22(2)12-18-20(19(25)13-22)21(14-8-10-15(26-3)11-9-14)24-17-7-5-4-6-16(17)23-18/h4-11,20-21,24H,12-13H2,1-3H3/t20?,21-/m0/s1. The van der Waals surface area contributed by atoms with Crippen molar-refractivity contribution in [1.29, 1.82) is 0 Å². The molecular formula is C22H24N2O2. The fraction of sp³-hybridized carbons (Fsp3) is 0.364. The molecule has 0 radical (unpaired) electrons. The summed E-state index contributed by atoms with van der Waals surface area (Å²) in [5.41, 5.74) is 3.91. The molecule has 4 heteroatoms. The third-order valence-electron chi connectivity index (χ3n) is 5.31. The van der Waals surface area contributed by atoms with Gasteiger partial charge in [0.1, 0.15) is 11.5 Å². The molecule has 0 amide bonds. The Morgan fingerprint density at radius 2 is 1.81 bits per heavy atom. The first-order chi connectivity index (χ1) is 12.5. The number of ether oxygens (including phenoxy) is 1. The van der Waals surface area contributed by atoms with E-state index in [1.165, 1.54) is 0 Å². The van der Waals surface area contributed by atoms with E-state index in [2.05, 4.69) is 19.2 Å². The van der Waals surface area contributed by atoms with Crippen molar-refractivity contribution in [3.63, 3.8) is 0 Å². The van der Waals surface area contributed by atoms with Crippen molar-refractivity contribution in [1.82, 2.24) is 0 Å². The molecule has 2 aliphatic rings. The largest absolute Gasteiger partial charge is 0.497 e. The number of benzene rings is 2. The molecule has 0 spiro atoms. The maximum Gasteiger partial charge on any atom is 0.144 e. The van der Waals surface area contributed by atoms with E-state index in [0.29, 0.717) is 6.42 Å². The topological polar surface area (TPSA) is 50.7 Å². The van der Waals surface area contributed by atoms with Gasteiger partial charge in [-0.1, -0.05) is 38.1 Å². The quantitative estimate of drug-likeness (QED) is 0.836. The summed E-state index contributed by atoms with van der Waals surface area (Å²) in [7, 11) is 1.66. The number of hydrogen-bond donors (Lipinski definition) is 1. The summed E-state index contributed by atoms with van der Waals surface area (Å²) in [6.07, 6.45) is 1.42. The van der Waals surface area contributed by atoms with Gasteiger partial charge in [0, 0.05) is 12.1 Å². The van der Waals surface area contributed by atoms with Crippen LogP contribution in [0, 0.1) is 11.3 Å². The lowest BCUT2D eigenvalue weighted by atomic mass is 9.68. The number of ketones is 1. The van der Waals surface area contributed by atoms with Gasteiger partial charge in [0.05, 0.1) is 30.4 Å². The second-order valence-corrected chi connectivity index (χ2v) is 7.98. The van der Waals surface area contributed by atoms with Crippen LogP contribution in [0.5, 0.6) is 5.75 Å². The van der Waals surface area contributed by atoms with Gasteiger partial charge < -0.3 is 10.1 Å². The number of hydrogen-bond acceptors (Lipinski definition) is 4. The summed E-state index contributed by atoms with van der Waals surface area (Å²) in [6, 6.07) is 15.9. The maximum absolute atomic E-state index is 13.1. The van der Waals surface area contributed by atoms with Gasteiger partial charge in [-0.3, -0.25) is 9.79 Å². The van der Waals surface area contributed by atoms with Gasteiger partial charge in [0.2, 0.25) is 0 Å². The summed E-state index contributed by atoms with van der Waals surface area (Å²) in [6.45, 7) is 4.30. The SMILES string of the molecule is COc1ccc([C@@H]2Nc3ccccc3N=C3CC(C)(C)CC(=O)C32)cc1. The molecule has 1 aliphatic heterocycles. The van der Waals surface area contributed by atoms with Crippen molar-refractivity contribution in [2.24, 2.45) is 16.3 Å². The van der Waals surface area contributed by atoms with Gasteiger partial charge in [0.25, 0.3) is 0 Å². The molecule has 2 aromatic carbocycles. The monoisotopic (exact) mass is 348 g/mol. The molecule has 1 aliphatic carbocycles. The van der Waals surface area contributed by atoms with Crippen molar-refractivity contribution < 1.29 is 9.53 Å². The van der Waals surface area contributed by atoms with Crippen LogP contribution in [-0.2, 0) is 4.79 Å². The van der Waals surface area contributed by atoms with E-state index >= 15 is 0 Å². The molecule has 4 nitrogen and oxygen atoms in total. The molecule has 26 heavy (non-hydrogen) atoms.